The van der Waals surface area contributed by atoms with Crippen molar-refractivity contribution >= 4 is 21.8 Å². The van der Waals surface area contributed by atoms with E-state index in [-0.39, 0.29) is 18.4 Å². The summed E-state index contributed by atoms with van der Waals surface area (Å²) in [5.74, 6) is -0.389. The Morgan fingerprint density at radius 1 is 1.20 bits per heavy atom. The van der Waals surface area contributed by atoms with Crippen LogP contribution in [0.25, 0.3) is 0 Å². The molecule has 1 aliphatic rings. The SMILES string of the molecule is CN(C)c1ccc(CNC(=O)[C@H]2CCCN(S(=O)(=O)N(C)C)C2)cc1. The third-order valence-electron chi connectivity index (χ3n) is 4.46. The molecule has 1 saturated heterocycles. The molecule has 1 atom stereocenters. The number of carbonyl (C=O) groups is 1. The molecule has 0 aliphatic carbocycles. The van der Waals surface area contributed by atoms with Crippen LogP contribution < -0.4 is 10.2 Å². The number of benzene rings is 1. The molecule has 0 aromatic heterocycles. The molecule has 25 heavy (non-hydrogen) atoms. The molecule has 0 saturated carbocycles. The molecule has 0 unspecified atom stereocenters. The van der Waals surface area contributed by atoms with Crippen LogP contribution >= 0.6 is 0 Å². The van der Waals surface area contributed by atoms with E-state index in [0.29, 0.717) is 25.9 Å². The van der Waals surface area contributed by atoms with Crippen molar-refractivity contribution in [1.29, 1.82) is 0 Å². The minimum Gasteiger partial charge on any atom is -0.378 e. The number of rotatable bonds is 6. The van der Waals surface area contributed by atoms with Gasteiger partial charge in [-0.3, -0.25) is 4.79 Å². The fourth-order valence-corrected chi connectivity index (χ4v) is 4.03. The minimum absolute atomic E-state index is 0.0876. The van der Waals surface area contributed by atoms with E-state index in [1.165, 1.54) is 22.7 Å². The Hall–Kier alpha value is -1.64. The quantitative estimate of drug-likeness (QED) is 0.809. The van der Waals surface area contributed by atoms with Crippen LogP contribution in [0.4, 0.5) is 5.69 Å². The lowest BCUT2D eigenvalue weighted by Crippen LogP contribution is -2.48. The molecule has 0 bridgehead atoms. The first-order valence-electron chi connectivity index (χ1n) is 8.43. The summed E-state index contributed by atoms with van der Waals surface area (Å²) in [6.07, 6.45) is 1.41. The van der Waals surface area contributed by atoms with E-state index in [0.717, 1.165) is 11.3 Å². The molecule has 7 nitrogen and oxygen atoms in total. The summed E-state index contributed by atoms with van der Waals surface area (Å²) in [5, 5.41) is 2.93. The number of nitrogens with zero attached hydrogens (tertiary/aromatic N) is 3. The van der Waals surface area contributed by atoms with Gasteiger partial charge in [0, 0.05) is 53.5 Å². The fourth-order valence-electron chi connectivity index (χ4n) is 2.84. The summed E-state index contributed by atoms with van der Waals surface area (Å²) in [6, 6.07) is 7.99. The molecule has 2 rings (SSSR count). The molecular formula is C17H28N4O3S. The second-order valence-corrected chi connectivity index (χ2v) is 8.91. The molecule has 0 radical (unpaired) electrons. The molecule has 1 N–H and O–H groups in total. The first kappa shape index (κ1) is 19.7. The van der Waals surface area contributed by atoms with Crippen LogP contribution in [0.15, 0.2) is 24.3 Å². The van der Waals surface area contributed by atoms with Gasteiger partial charge in [-0.05, 0) is 30.5 Å². The second kappa shape index (κ2) is 8.16. The van der Waals surface area contributed by atoms with Gasteiger partial charge in [0.1, 0.15) is 0 Å². The van der Waals surface area contributed by atoms with E-state index in [2.05, 4.69) is 5.32 Å². The maximum Gasteiger partial charge on any atom is 0.281 e. The van der Waals surface area contributed by atoms with E-state index < -0.39 is 10.2 Å². The van der Waals surface area contributed by atoms with Gasteiger partial charge in [-0.15, -0.1) is 0 Å². The number of amides is 1. The molecule has 1 aromatic rings. The van der Waals surface area contributed by atoms with Gasteiger partial charge < -0.3 is 10.2 Å². The summed E-state index contributed by atoms with van der Waals surface area (Å²) in [7, 11) is 3.52. The molecule has 140 valence electrons. The van der Waals surface area contributed by atoms with Crippen molar-refractivity contribution in [1.82, 2.24) is 13.9 Å². The van der Waals surface area contributed by atoms with Crippen LogP contribution in [0.2, 0.25) is 0 Å². The van der Waals surface area contributed by atoms with Crippen LogP contribution in [0, 0.1) is 5.92 Å². The number of hydrogen-bond acceptors (Lipinski definition) is 4. The molecule has 8 heteroatoms. The van der Waals surface area contributed by atoms with Crippen LogP contribution in [-0.2, 0) is 21.5 Å². The number of carbonyl (C=O) groups excluding carboxylic acids is 1. The van der Waals surface area contributed by atoms with Gasteiger partial charge >= 0.3 is 0 Å². The van der Waals surface area contributed by atoms with Gasteiger partial charge in [0.05, 0.1) is 5.92 Å². The lowest BCUT2D eigenvalue weighted by atomic mass is 9.99. The van der Waals surface area contributed by atoms with E-state index in [1.807, 2.05) is 43.3 Å². The normalized spacial score (nSPS) is 19.0. The second-order valence-electron chi connectivity index (χ2n) is 6.77. The Kier molecular flexibility index (Phi) is 6.42. The van der Waals surface area contributed by atoms with Crippen molar-refractivity contribution in [2.45, 2.75) is 19.4 Å². The van der Waals surface area contributed by atoms with Crippen LogP contribution in [0.3, 0.4) is 0 Å². The van der Waals surface area contributed by atoms with Gasteiger partial charge in [0.15, 0.2) is 0 Å². The van der Waals surface area contributed by atoms with Crippen molar-refractivity contribution < 1.29 is 13.2 Å². The Balaban J connectivity index is 1.92. The van der Waals surface area contributed by atoms with Crippen LogP contribution in [0.1, 0.15) is 18.4 Å². The third-order valence-corrected chi connectivity index (χ3v) is 6.37. The fraction of sp³-hybridized carbons (Fsp3) is 0.588. The van der Waals surface area contributed by atoms with Crippen molar-refractivity contribution in [3.63, 3.8) is 0 Å². The summed E-state index contributed by atoms with van der Waals surface area (Å²) in [4.78, 5) is 14.5. The first-order chi connectivity index (χ1) is 11.7. The average Bonchev–Trinajstić information content (AvgIpc) is 2.60. The number of nitrogens with one attached hydrogen (secondary N) is 1. The van der Waals surface area contributed by atoms with E-state index >= 15 is 0 Å². The average molecular weight is 369 g/mol. The molecule has 1 heterocycles. The highest BCUT2D eigenvalue weighted by Gasteiger charge is 2.33. The summed E-state index contributed by atoms with van der Waals surface area (Å²) < 4.78 is 27.1. The van der Waals surface area contributed by atoms with E-state index in [4.69, 9.17) is 0 Å². The molecule has 1 aliphatic heterocycles. The van der Waals surface area contributed by atoms with E-state index in [1.54, 1.807) is 0 Å². The summed E-state index contributed by atoms with van der Waals surface area (Å²) in [6.45, 7) is 1.16. The highest BCUT2D eigenvalue weighted by Crippen LogP contribution is 2.20. The number of anilines is 1. The van der Waals surface area contributed by atoms with Gasteiger partial charge in [-0.2, -0.15) is 17.0 Å². The number of piperidine rings is 1. The molecule has 1 aromatic carbocycles. The maximum atomic E-state index is 12.4. The van der Waals surface area contributed by atoms with Crippen LogP contribution in [0.5, 0.6) is 0 Å². The monoisotopic (exact) mass is 368 g/mol. The lowest BCUT2D eigenvalue weighted by Gasteiger charge is -2.32. The zero-order chi connectivity index (χ0) is 18.6. The standard InChI is InChI=1S/C17H28N4O3S/c1-19(2)16-9-7-14(8-10-16)12-18-17(22)15-6-5-11-21(13-15)25(23,24)20(3)4/h7-10,15H,5-6,11-13H2,1-4H3,(H,18,22)/t15-/m0/s1. The molecular weight excluding hydrogens is 340 g/mol. The zero-order valence-electron chi connectivity index (χ0n) is 15.4. The third kappa shape index (κ3) is 4.93. The topological polar surface area (TPSA) is 73.0 Å². The van der Waals surface area contributed by atoms with Crippen molar-refractivity contribution in [2.24, 2.45) is 5.92 Å². The highest BCUT2D eigenvalue weighted by molar-refractivity contribution is 7.86. The van der Waals surface area contributed by atoms with Crippen molar-refractivity contribution in [3.8, 4) is 0 Å². The Labute approximate surface area is 150 Å². The van der Waals surface area contributed by atoms with Crippen LogP contribution in [-0.4, -0.2) is 64.2 Å². The minimum atomic E-state index is -3.46. The first-order valence-corrected chi connectivity index (χ1v) is 9.83. The van der Waals surface area contributed by atoms with E-state index in [9.17, 15) is 13.2 Å². The largest absolute Gasteiger partial charge is 0.378 e. The summed E-state index contributed by atoms with van der Waals surface area (Å²) in [5.41, 5.74) is 2.12. The Morgan fingerprint density at radius 3 is 2.40 bits per heavy atom. The predicted molar refractivity (Wildman–Crippen MR) is 99.5 cm³/mol. The maximum absolute atomic E-state index is 12.4. The van der Waals surface area contributed by atoms with Gasteiger partial charge in [0.25, 0.3) is 10.2 Å². The number of hydrogen-bond donors (Lipinski definition) is 1. The molecule has 0 spiro atoms. The predicted octanol–water partition coefficient (Wildman–Crippen LogP) is 0.887. The van der Waals surface area contributed by atoms with Crippen molar-refractivity contribution in [3.05, 3.63) is 29.8 Å². The Morgan fingerprint density at radius 2 is 1.84 bits per heavy atom. The van der Waals surface area contributed by atoms with Gasteiger partial charge in [0.2, 0.25) is 5.91 Å². The smallest absolute Gasteiger partial charge is 0.281 e. The molecule has 1 amide bonds. The highest BCUT2D eigenvalue weighted by atomic mass is 32.2. The van der Waals surface area contributed by atoms with Gasteiger partial charge in [-0.25, -0.2) is 0 Å². The lowest BCUT2D eigenvalue weighted by molar-refractivity contribution is -0.126. The van der Waals surface area contributed by atoms with Gasteiger partial charge in [-0.1, -0.05) is 12.1 Å². The Bertz CT molecular complexity index is 686. The zero-order valence-corrected chi connectivity index (χ0v) is 16.2. The summed E-state index contributed by atoms with van der Waals surface area (Å²) >= 11 is 0. The van der Waals surface area contributed by atoms with Crippen molar-refractivity contribution in [2.75, 3.05) is 46.2 Å². The molecule has 1 fully saturated rings.